The van der Waals surface area contributed by atoms with E-state index in [9.17, 15) is 27.9 Å². The Balaban J connectivity index is 2.28. The maximum Gasteiger partial charge on any atom is 0.573 e. The van der Waals surface area contributed by atoms with Crippen LogP contribution in [-0.2, 0) is 13.6 Å². The molecule has 0 radical (unpaired) electrons. The van der Waals surface area contributed by atoms with E-state index in [4.69, 9.17) is 5.26 Å². The Morgan fingerprint density at radius 2 is 1.88 bits per heavy atom. The largest absolute Gasteiger partial charge is 0.573 e. The minimum atomic E-state index is -4.84. The summed E-state index contributed by atoms with van der Waals surface area (Å²) in [6, 6.07) is 6.00. The number of aliphatic hydroxyl groups is 1. The molecule has 2 aromatic rings. The van der Waals surface area contributed by atoms with Crippen molar-refractivity contribution in [3.05, 3.63) is 62.4 Å². The normalized spacial score (nSPS) is 12.5. The third-order valence-corrected chi connectivity index (χ3v) is 3.31. The van der Waals surface area contributed by atoms with Crippen LogP contribution < -0.4 is 16.0 Å². The maximum atomic E-state index is 12.1. The van der Waals surface area contributed by atoms with E-state index < -0.39 is 36.0 Å². The number of nitrogens with zero attached hydrogens (tertiary/aromatic N) is 3. The summed E-state index contributed by atoms with van der Waals surface area (Å²) in [7, 11) is 1.34. The number of ether oxygens (including phenoxy) is 1. The molecule has 25 heavy (non-hydrogen) atoms. The fourth-order valence-electron chi connectivity index (χ4n) is 2.13. The zero-order chi connectivity index (χ0) is 18.8. The molecule has 0 bridgehead atoms. The summed E-state index contributed by atoms with van der Waals surface area (Å²) in [5.74, 6) is -0.469. The number of nitriles is 1. The highest BCUT2D eigenvalue weighted by molar-refractivity contribution is 5.29. The smallest absolute Gasteiger partial charge is 0.406 e. The van der Waals surface area contributed by atoms with Crippen LogP contribution in [0.1, 0.15) is 17.2 Å². The fourth-order valence-corrected chi connectivity index (χ4v) is 2.13. The number of aromatic nitrogens is 2. The molecule has 2 rings (SSSR count). The summed E-state index contributed by atoms with van der Waals surface area (Å²) < 4.78 is 41.8. The summed E-state index contributed by atoms with van der Waals surface area (Å²) in [5, 5.41) is 19.0. The van der Waals surface area contributed by atoms with E-state index in [0.29, 0.717) is 4.57 Å². The van der Waals surface area contributed by atoms with E-state index in [1.165, 1.54) is 19.2 Å². The van der Waals surface area contributed by atoms with Crippen LogP contribution >= 0.6 is 0 Å². The summed E-state index contributed by atoms with van der Waals surface area (Å²) in [6.07, 6.45) is -5.10. The highest BCUT2D eigenvalue weighted by atomic mass is 19.4. The van der Waals surface area contributed by atoms with Crippen LogP contribution in [0.15, 0.2) is 40.1 Å². The Hall–Kier alpha value is -3.06. The van der Waals surface area contributed by atoms with Crippen LogP contribution in [0, 0.1) is 11.3 Å². The molecule has 0 unspecified atom stereocenters. The lowest BCUT2D eigenvalue weighted by Gasteiger charge is -2.14. The summed E-state index contributed by atoms with van der Waals surface area (Å²) in [6.45, 7) is -0.458. The van der Waals surface area contributed by atoms with Gasteiger partial charge < -0.3 is 14.4 Å². The Morgan fingerprint density at radius 1 is 1.28 bits per heavy atom. The third-order valence-electron chi connectivity index (χ3n) is 3.31. The molecular weight excluding hydrogens is 343 g/mol. The van der Waals surface area contributed by atoms with Crippen LogP contribution in [0.2, 0.25) is 0 Å². The van der Waals surface area contributed by atoms with Gasteiger partial charge in [0.2, 0.25) is 0 Å². The van der Waals surface area contributed by atoms with Crippen LogP contribution in [0.25, 0.3) is 0 Å². The molecule has 1 N–H and O–H groups in total. The molecule has 0 spiro atoms. The van der Waals surface area contributed by atoms with E-state index in [1.54, 1.807) is 6.07 Å². The number of benzene rings is 1. The summed E-state index contributed by atoms with van der Waals surface area (Å²) >= 11 is 0. The predicted molar refractivity (Wildman–Crippen MR) is 78.7 cm³/mol. The van der Waals surface area contributed by atoms with Crippen molar-refractivity contribution in [2.45, 2.75) is 19.0 Å². The molecule has 1 aromatic carbocycles. The van der Waals surface area contributed by atoms with E-state index >= 15 is 0 Å². The van der Waals surface area contributed by atoms with Crippen molar-refractivity contribution in [3.63, 3.8) is 0 Å². The Bertz CT molecular complexity index is 923. The number of hydrogen-bond acceptors (Lipinski definition) is 5. The van der Waals surface area contributed by atoms with Gasteiger partial charge in [0.05, 0.1) is 12.6 Å². The molecule has 7 nitrogen and oxygen atoms in total. The zero-order valence-corrected chi connectivity index (χ0v) is 12.8. The Labute approximate surface area is 138 Å². The monoisotopic (exact) mass is 355 g/mol. The van der Waals surface area contributed by atoms with Gasteiger partial charge in [-0.15, -0.1) is 13.2 Å². The Morgan fingerprint density at radius 3 is 2.40 bits per heavy atom. The first-order chi connectivity index (χ1) is 11.6. The standard InChI is InChI=1S/C15H12F3N3O4/c1-20-7-10(6-19)13(23)21(14(20)24)8-12(22)9-2-4-11(5-3-9)25-15(16,17)18/h2-5,7,12,22H,8H2,1H3/t12-/m0/s1. The van der Waals surface area contributed by atoms with Crippen LogP contribution in [0.3, 0.4) is 0 Å². The van der Waals surface area contributed by atoms with Gasteiger partial charge in [-0.2, -0.15) is 5.26 Å². The highest BCUT2D eigenvalue weighted by Gasteiger charge is 2.31. The van der Waals surface area contributed by atoms with E-state index in [2.05, 4.69) is 4.74 Å². The second kappa shape index (κ2) is 6.82. The number of alkyl halides is 3. The van der Waals surface area contributed by atoms with Crippen LogP contribution in [0.4, 0.5) is 13.2 Å². The molecular formula is C15H12F3N3O4. The van der Waals surface area contributed by atoms with Crippen molar-refractivity contribution < 1.29 is 23.0 Å². The lowest BCUT2D eigenvalue weighted by atomic mass is 10.1. The van der Waals surface area contributed by atoms with E-state index in [-0.39, 0.29) is 11.1 Å². The van der Waals surface area contributed by atoms with Gasteiger partial charge in [0.1, 0.15) is 17.4 Å². The number of halogens is 3. The number of rotatable bonds is 4. The predicted octanol–water partition coefficient (Wildman–Crippen LogP) is 1.05. The fraction of sp³-hybridized carbons (Fsp3) is 0.267. The van der Waals surface area contributed by atoms with Crippen molar-refractivity contribution in [2.24, 2.45) is 7.05 Å². The second-order valence-electron chi connectivity index (χ2n) is 5.10. The van der Waals surface area contributed by atoms with Gasteiger partial charge in [0.15, 0.2) is 0 Å². The molecule has 0 aliphatic rings. The minimum Gasteiger partial charge on any atom is -0.406 e. The quantitative estimate of drug-likeness (QED) is 0.884. The molecule has 0 saturated carbocycles. The van der Waals surface area contributed by atoms with Gasteiger partial charge in [0, 0.05) is 13.2 Å². The topological polar surface area (TPSA) is 97.2 Å². The molecule has 0 aliphatic heterocycles. The third kappa shape index (κ3) is 4.27. The van der Waals surface area contributed by atoms with Gasteiger partial charge in [-0.05, 0) is 17.7 Å². The second-order valence-corrected chi connectivity index (χ2v) is 5.10. The molecule has 0 fully saturated rings. The van der Waals surface area contributed by atoms with Gasteiger partial charge in [0.25, 0.3) is 5.56 Å². The average molecular weight is 355 g/mol. The van der Waals surface area contributed by atoms with Crippen LogP contribution in [0.5, 0.6) is 5.75 Å². The summed E-state index contributed by atoms with van der Waals surface area (Å²) in [4.78, 5) is 24.0. The highest BCUT2D eigenvalue weighted by Crippen LogP contribution is 2.24. The molecule has 1 heterocycles. The van der Waals surface area contributed by atoms with Gasteiger partial charge in [-0.25, -0.2) is 4.79 Å². The molecule has 10 heteroatoms. The average Bonchev–Trinajstić information content (AvgIpc) is 2.54. The van der Waals surface area contributed by atoms with E-state index in [1.807, 2.05) is 0 Å². The van der Waals surface area contributed by atoms with E-state index in [0.717, 1.165) is 22.9 Å². The lowest BCUT2D eigenvalue weighted by Crippen LogP contribution is -2.41. The van der Waals surface area contributed by atoms with Gasteiger partial charge in [-0.1, -0.05) is 12.1 Å². The SMILES string of the molecule is Cn1cc(C#N)c(=O)n(C[C@H](O)c2ccc(OC(F)(F)F)cc2)c1=O. The maximum absolute atomic E-state index is 12.1. The first-order valence-electron chi connectivity index (χ1n) is 6.86. The van der Waals surface area contributed by atoms with Crippen molar-refractivity contribution in [1.29, 1.82) is 5.26 Å². The molecule has 132 valence electrons. The molecule has 1 aromatic heterocycles. The molecule has 0 saturated heterocycles. The molecule has 1 atom stereocenters. The minimum absolute atomic E-state index is 0.172. The number of aryl methyl sites for hydroxylation is 1. The lowest BCUT2D eigenvalue weighted by molar-refractivity contribution is -0.274. The first kappa shape index (κ1) is 18.3. The molecule has 0 amide bonds. The zero-order valence-electron chi connectivity index (χ0n) is 12.8. The van der Waals surface area contributed by atoms with Crippen molar-refractivity contribution in [3.8, 4) is 11.8 Å². The number of aliphatic hydroxyl groups excluding tert-OH is 1. The summed E-state index contributed by atoms with van der Waals surface area (Å²) in [5.41, 5.74) is -1.70. The van der Waals surface area contributed by atoms with Crippen LogP contribution in [-0.4, -0.2) is 20.6 Å². The number of hydrogen-bond donors (Lipinski definition) is 1. The van der Waals surface area contributed by atoms with Crippen molar-refractivity contribution >= 4 is 0 Å². The van der Waals surface area contributed by atoms with Crippen molar-refractivity contribution in [1.82, 2.24) is 9.13 Å². The molecule has 0 aliphatic carbocycles. The van der Waals surface area contributed by atoms with Crippen molar-refractivity contribution in [2.75, 3.05) is 0 Å². The van der Waals surface area contributed by atoms with Gasteiger partial charge in [-0.3, -0.25) is 9.36 Å². The Kier molecular flexibility index (Phi) is 4.99. The van der Waals surface area contributed by atoms with Gasteiger partial charge >= 0.3 is 12.1 Å². The first-order valence-corrected chi connectivity index (χ1v) is 6.86.